The van der Waals surface area contributed by atoms with E-state index in [1.165, 1.54) is 12.5 Å². The lowest BCUT2D eigenvalue weighted by Gasteiger charge is -2.22. The third-order valence-corrected chi connectivity index (χ3v) is 3.28. The molecule has 0 heterocycles. The van der Waals surface area contributed by atoms with Gasteiger partial charge in [-0.15, -0.1) is 0 Å². The van der Waals surface area contributed by atoms with E-state index >= 15 is 0 Å². The number of anilines is 3. The van der Waals surface area contributed by atoms with E-state index in [0.29, 0.717) is 11.3 Å². The number of para-hydroxylation sites is 1. The Bertz CT molecular complexity index is 620. The smallest absolute Gasteiger partial charge is 0.161 e. The van der Waals surface area contributed by atoms with Crippen LogP contribution in [0.3, 0.4) is 0 Å². The molecule has 0 atom stereocenters. The van der Waals surface area contributed by atoms with Crippen LogP contribution in [-0.4, -0.2) is 12.8 Å². The summed E-state index contributed by atoms with van der Waals surface area (Å²) < 4.78 is 0. The molecule has 0 unspecified atom stereocenters. The van der Waals surface area contributed by atoms with Gasteiger partial charge in [0.1, 0.15) is 0 Å². The van der Waals surface area contributed by atoms with Gasteiger partial charge in [0.15, 0.2) is 5.78 Å². The number of hydrogen-bond acceptors (Lipinski definition) is 3. The van der Waals surface area contributed by atoms with E-state index < -0.39 is 0 Å². The lowest BCUT2D eigenvalue weighted by Crippen LogP contribution is -2.12. The second-order valence-corrected chi connectivity index (χ2v) is 4.67. The van der Waals surface area contributed by atoms with Crippen LogP contribution in [0.4, 0.5) is 17.1 Å². The Labute approximate surface area is 113 Å². The summed E-state index contributed by atoms with van der Waals surface area (Å²) in [4.78, 5) is 13.6. The van der Waals surface area contributed by atoms with Crippen molar-refractivity contribution in [3.8, 4) is 0 Å². The molecule has 98 valence electrons. The van der Waals surface area contributed by atoms with Crippen LogP contribution in [0.5, 0.6) is 0 Å². The summed E-state index contributed by atoms with van der Waals surface area (Å²) in [5.41, 5.74) is 10.2. The topological polar surface area (TPSA) is 46.3 Å². The lowest BCUT2D eigenvalue weighted by molar-refractivity contribution is 0.101. The highest BCUT2D eigenvalue weighted by molar-refractivity contribution is 6.00. The van der Waals surface area contributed by atoms with Gasteiger partial charge >= 0.3 is 0 Å². The highest BCUT2D eigenvalue weighted by Gasteiger charge is 2.10. The Morgan fingerprint density at radius 1 is 1.16 bits per heavy atom. The van der Waals surface area contributed by atoms with E-state index in [1.54, 1.807) is 6.07 Å². The largest absolute Gasteiger partial charge is 0.398 e. The van der Waals surface area contributed by atoms with E-state index in [9.17, 15) is 4.79 Å². The van der Waals surface area contributed by atoms with Gasteiger partial charge in [0.2, 0.25) is 0 Å². The van der Waals surface area contributed by atoms with Gasteiger partial charge in [-0.3, -0.25) is 4.79 Å². The summed E-state index contributed by atoms with van der Waals surface area (Å²) >= 11 is 0. The molecule has 2 aromatic carbocycles. The van der Waals surface area contributed by atoms with Crippen molar-refractivity contribution < 1.29 is 4.79 Å². The van der Waals surface area contributed by atoms with Crippen molar-refractivity contribution in [1.29, 1.82) is 0 Å². The van der Waals surface area contributed by atoms with Crippen molar-refractivity contribution in [3.05, 3.63) is 53.6 Å². The highest BCUT2D eigenvalue weighted by Crippen LogP contribution is 2.28. The molecule has 0 saturated carbocycles. The Morgan fingerprint density at radius 2 is 1.84 bits per heavy atom. The molecule has 2 rings (SSSR count). The SMILES string of the molecule is CC(=O)c1cc(N(C)c2ccccc2C)ccc1N. The summed E-state index contributed by atoms with van der Waals surface area (Å²) in [5.74, 6) is -0.0162. The fourth-order valence-corrected chi connectivity index (χ4v) is 2.14. The number of hydrogen-bond donors (Lipinski definition) is 1. The van der Waals surface area contributed by atoms with Crippen LogP contribution in [0.2, 0.25) is 0 Å². The van der Waals surface area contributed by atoms with E-state index in [-0.39, 0.29) is 5.78 Å². The number of Topliss-reactive ketones (excluding diaryl/α,β-unsaturated/α-hetero) is 1. The van der Waals surface area contributed by atoms with Crippen LogP contribution in [0.1, 0.15) is 22.8 Å². The van der Waals surface area contributed by atoms with Gasteiger partial charge in [0, 0.05) is 29.7 Å². The van der Waals surface area contributed by atoms with Crippen molar-refractivity contribution in [2.75, 3.05) is 17.7 Å². The summed E-state index contributed by atoms with van der Waals surface area (Å²) in [7, 11) is 1.98. The summed E-state index contributed by atoms with van der Waals surface area (Å²) in [6, 6.07) is 13.7. The summed E-state index contributed by atoms with van der Waals surface area (Å²) in [5, 5.41) is 0. The number of ketones is 1. The first-order valence-corrected chi connectivity index (χ1v) is 6.20. The molecule has 0 aromatic heterocycles. The molecule has 0 aliphatic carbocycles. The van der Waals surface area contributed by atoms with Gasteiger partial charge in [-0.2, -0.15) is 0 Å². The van der Waals surface area contributed by atoms with E-state index in [0.717, 1.165) is 11.4 Å². The third-order valence-electron chi connectivity index (χ3n) is 3.28. The van der Waals surface area contributed by atoms with Gasteiger partial charge in [0.25, 0.3) is 0 Å². The first kappa shape index (κ1) is 13.1. The van der Waals surface area contributed by atoms with Crippen molar-refractivity contribution in [2.45, 2.75) is 13.8 Å². The third kappa shape index (κ3) is 2.60. The Kier molecular flexibility index (Phi) is 3.56. The number of benzene rings is 2. The molecule has 0 aliphatic rings. The molecule has 3 heteroatoms. The molecule has 0 radical (unpaired) electrons. The van der Waals surface area contributed by atoms with Gasteiger partial charge in [0.05, 0.1) is 0 Å². The Morgan fingerprint density at radius 3 is 2.47 bits per heavy atom. The number of nitrogen functional groups attached to an aromatic ring is 1. The monoisotopic (exact) mass is 254 g/mol. The van der Waals surface area contributed by atoms with Crippen LogP contribution >= 0.6 is 0 Å². The molecule has 2 aromatic rings. The molecular weight excluding hydrogens is 236 g/mol. The minimum atomic E-state index is -0.0162. The predicted molar refractivity (Wildman–Crippen MR) is 80.1 cm³/mol. The molecule has 3 nitrogen and oxygen atoms in total. The highest BCUT2D eigenvalue weighted by atomic mass is 16.1. The minimum Gasteiger partial charge on any atom is -0.398 e. The lowest BCUT2D eigenvalue weighted by atomic mass is 10.1. The Hall–Kier alpha value is -2.29. The maximum atomic E-state index is 11.5. The summed E-state index contributed by atoms with van der Waals surface area (Å²) in [6.07, 6.45) is 0. The van der Waals surface area contributed by atoms with Crippen molar-refractivity contribution in [1.82, 2.24) is 0 Å². The van der Waals surface area contributed by atoms with Gasteiger partial charge in [-0.1, -0.05) is 18.2 Å². The van der Waals surface area contributed by atoms with Crippen LogP contribution in [0.15, 0.2) is 42.5 Å². The zero-order valence-corrected chi connectivity index (χ0v) is 11.5. The second-order valence-electron chi connectivity index (χ2n) is 4.67. The molecule has 0 aliphatic heterocycles. The average molecular weight is 254 g/mol. The normalized spacial score (nSPS) is 10.3. The Balaban J connectivity index is 2.45. The average Bonchev–Trinajstić information content (AvgIpc) is 2.38. The molecule has 0 fully saturated rings. The van der Waals surface area contributed by atoms with Crippen LogP contribution < -0.4 is 10.6 Å². The minimum absolute atomic E-state index is 0.0162. The molecule has 0 spiro atoms. The van der Waals surface area contributed by atoms with Gasteiger partial charge in [-0.25, -0.2) is 0 Å². The first-order chi connectivity index (χ1) is 9.00. The van der Waals surface area contributed by atoms with E-state index in [4.69, 9.17) is 5.73 Å². The predicted octanol–water partition coefficient (Wildman–Crippen LogP) is 3.55. The van der Waals surface area contributed by atoms with Crippen molar-refractivity contribution in [2.24, 2.45) is 0 Å². The molecule has 0 saturated heterocycles. The number of carbonyl (C=O) groups is 1. The first-order valence-electron chi connectivity index (χ1n) is 6.20. The van der Waals surface area contributed by atoms with Crippen molar-refractivity contribution >= 4 is 22.8 Å². The zero-order valence-electron chi connectivity index (χ0n) is 11.5. The van der Waals surface area contributed by atoms with E-state index in [1.807, 2.05) is 31.3 Å². The second kappa shape index (κ2) is 5.14. The fraction of sp³-hybridized carbons (Fsp3) is 0.188. The van der Waals surface area contributed by atoms with Crippen LogP contribution in [0, 0.1) is 6.92 Å². The quantitative estimate of drug-likeness (QED) is 0.673. The van der Waals surface area contributed by atoms with E-state index in [2.05, 4.69) is 24.0 Å². The number of carbonyl (C=O) groups excluding carboxylic acids is 1. The standard InChI is InChI=1S/C16H18N2O/c1-11-6-4-5-7-16(11)18(3)13-8-9-15(17)14(10-13)12(2)19/h4-10H,17H2,1-3H3. The number of nitrogens with two attached hydrogens (primary N) is 1. The van der Waals surface area contributed by atoms with Gasteiger partial charge < -0.3 is 10.6 Å². The zero-order chi connectivity index (χ0) is 14.0. The van der Waals surface area contributed by atoms with Crippen LogP contribution in [0.25, 0.3) is 0 Å². The summed E-state index contributed by atoms with van der Waals surface area (Å²) in [6.45, 7) is 3.60. The van der Waals surface area contributed by atoms with Gasteiger partial charge in [-0.05, 0) is 43.7 Å². The van der Waals surface area contributed by atoms with Crippen molar-refractivity contribution in [3.63, 3.8) is 0 Å². The molecule has 19 heavy (non-hydrogen) atoms. The molecule has 2 N–H and O–H groups in total. The fourth-order valence-electron chi connectivity index (χ4n) is 2.14. The number of aryl methyl sites for hydroxylation is 1. The van der Waals surface area contributed by atoms with Crippen LogP contribution in [-0.2, 0) is 0 Å². The molecule has 0 amide bonds. The molecule has 0 bridgehead atoms. The number of rotatable bonds is 3. The molecular formula is C16H18N2O. The number of nitrogens with zero attached hydrogens (tertiary/aromatic N) is 1. The maximum Gasteiger partial charge on any atom is 0.161 e. The maximum absolute atomic E-state index is 11.5.